The zero-order chi connectivity index (χ0) is 15.6. The number of hydrogen-bond donors (Lipinski definition) is 1. The molecular weight excluding hydrogens is 279 g/mol. The summed E-state index contributed by atoms with van der Waals surface area (Å²) >= 11 is 0. The molecule has 0 aliphatic carbocycles. The van der Waals surface area contributed by atoms with Gasteiger partial charge in [0.05, 0.1) is 10.6 Å². The van der Waals surface area contributed by atoms with Crippen LogP contribution in [0.2, 0.25) is 0 Å². The van der Waals surface area contributed by atoms with Gasteiger partial charge in [0, 0.05) is 0 Å². The van der Waals surface area contributed by atoms with E-state index >= 15 is 0 Å². The number of rotatable bonds is 4. The van der Waals surface area contributed by atoms with Gasteiger partial charge in [-0.3, -0.25) is 19.6 Å². The van der Waals surface area contributed by atoms with E-state index in [9.17, 15) is 19.3 Å². The number of nitrogens with one attached hydrogen (secondary N) is 1. The Morgan fingerprint density at radius 2 is 2.19 bits per heavy atom. The Bertz CT molecular complexity index is 711. The molecule has 1 heterocycles. The van der Waals surface area contributed by atoms with Crippen molar-refractivity contribution >= 4 is 17.3 Å². The highest BCUT2D eigenvalue weighted by molar-refractivity contribution is 5.90. The number of halogens is 1. The van der Waals surface area contributed by atoms with Gasteiger partial charge in [0.2, 0.25) is 5.91 Å². The summed E-state index contributed by atoms with van der Waals surface area (Å²) in [5.74, 6) is -1.06. The lowest BCUT2D eigenvalue weighted by atomic mass is 10.2. The fourth-order valence-electron chi connectivity index (χ4n) is 1.84. The molecule has 8 heteroatoms. The molecule has 0 saturated heterocycles. The molecule has 110 valence electrons. The first-order valence-electron chi connectivity index (χ1n) is 6.11. The number of carbonyl (C=O) groups excluding carboxylic acids is 1. The Balaban J connectivity index is 2.12. The summed E-state index contributed by atoms with van der Waals surface area (Å²) in [7, 11) is 0. The van der Waals surface area contributed by atoms with Crippen LogP contribution in [0.1, 0.15) is 11.3 Å². The SMILES string of the molecule is Cc1ccc(F)c(NC(=O)Cn2ncc([N+](=O)[O-])c2C)c1. The highest BCUT2D eigenvalue weighted by atomic mass is 19.1. The maximum atomic E-state index is 13.5. The third-order valence-corrected chi connectivity index (χ3v) is 2.96. The Morgan fingerprint density at radius 1 is 1.48 bits per heavy atom. The monoisotopic (exact) mass is 292 g/mol. The highest BCUT2D eigenvalue weighted by Gasteiger charge is 2.18. The van der Waals surface area contributed by atoms with Gasteiger partial charge in [-0.2, -0.15) is 5.10 Å². The van der Waals surface area contributed by atoms with E-state index in [4.69, 9.17) is 0 Å². The van der Waals surface area contributed by atoms with Crippen LogP contribution in [-0.4, -0.2) is 20.6 Å². The Labute approximate surface area is 119 Å². The van der Waals surface area contributed by atoms with Crippen LogP contribution in [-0.2, 0) is 11.3 Å². The van der Waals surface area contributed by atoms with Crippen LogP contribution >= 0.6 is 0 Å². The van der Waals surface area contributed by atoms with Crippen LogP contribution in [0.5, 0.6) is 0 Å². The number of amides is 1. The van der Waals surface area contributed by atoms with Crippen molar-refractivity contribution < 1.29 is 14.1 Å². The smallest absolute Gasteiger partial charge is 0.309 e. The minimum atomic E-state index is -0.572. The fourth-order valence-corrected chi connectivity index (χ4v) is 1.84. The topological polar surface area (TPSA) is 90.1 Å². The molecule has 2 aromatic rings. The molecule has 0 saturated carbocycles. The number of nitro groups is 1. The van der Waals surface area contributed by atoms with Gasteiger partial charge in [0.1, 0.15) is 24.3 Å². The molecule has 0 unspecified atom stereocenters. The third-order valence-electron chi connectivity index (χ3n) is 2.96. The van der Waals surface area contributed by atoms with Gasteiger partial charge in [-0.15, -0.1) is 0 Å². The molecular formula is C13H13FN4O3. The van der Waals surface area contributed by atoms with Crippen molar-refractivity contribution in [3.8, 4) is 0 Å². The summed E-state index contributed by atoms with van der Waals surface area (Å²) < 4.78 is 14.7. The quantitative estimate of drug-likeness (QED) is 0.690. The standard InChI is InChI=1S/C13H13FN4O3/c1-8-3-4-10(14)11(5-8)16-13(19)7-17-9(2)12(6-15-17)18(20)21/h3-6H,7H2,1-2H3,(H,16,19). The molecule has 1 N–H and O–H groups in total. The van der Waals surface area contributed by atoms with Crippen LogP contribution in [0.3, 0.4) is 0 Å². The number of anilines is 1. The zero-order valence-electron chi connectivity index (χ0n) is 11.5. The van der Waals surface area contributed by atoms with E-state index in [2.05, 4.69) is 10.4 Å². The molecule has 0 radical (unpaired) electrons. The molecule has 1 amide bonds. The number of hydrogen-bond acceptors (Lipinski definition) is 4. The van der Waals surface area contributed by atoms with Crippen LogP contribution < -0.4 is 5.32 Å². The molecule has 0 atom stereocenters. The van der Waals surface area contributed by atoms with Crippen molar-refractivity contribution in [1.29, 1.82) is 0 Å². The first-order chi connectivity index (χ1) is 9.88. The molecule has 0 bridgehead atoms. The molecule has 2 rings (SSSR count). The zero-order valence-corrected chi connectivity index (χ0v) is 11.5. The van der Waals surface area contributed by atoms with E-state index in [-0.39, 0.29) is 23.6 Å². The maximum Gasteiger partial charge on any atom is 0.309 e. The maximum absolute atomic E-state index is 13.5. The number of carbonyl (C=O) groups is 1. The van der Waals surface area contributed by atoms with Gasteiger partial charge in [-0.25, -0.2) is 4.39 Å². The normalized spacial score (nSPS) is 10.4. The highest BCUT2D eigenvalue weighted by Crippen LogP contribution is 2.17. The van der Waals surface area contributed by atoms with Gasteiger partial charge in [0.25, 0.3) is 0 Å². The van der Waals surface area contributed by atoms with E-state index in [0.29, 0.717) is 0 Å². The van der Waals surface area contributed by atoms with Gasteiger partial charge < -0.3 is 5.32 Å². The first kappa shape index (κ1) is 14.6. The molecule has 1 aromatic heterocycles. The lowest BCUT2D eigenvalue weighted by Crippen LogP contribution is -2.21. The fraction of sp³-hybridized carbons (Fsp3) is 0.231. The second kappa shape index (κ2) is 5.70. The summed E-state index contributed by atoms with van der Waals surface area (Å²) in [6.45, 7) is 3.04. The predicted molar refractivity (Wildman–Crippen MR) is 73.4 cm³/mol. The number of benzene rings is 1. The van der Waals surface area contributed by atoms with Crippen molar-refractivity contribution in [3.05, 3.63) is 51.6 Å². The second-order valence-electron chi connectivity index (χ2n) is 4.56. The predicted octanol–water partition coefficient (Wildman–Crippen LogP) is 2.19. The Morgan fingerprint density at radius 3 is 2.81 bits per heavy atom. The average Bonchev–Trinajstić information content (AvgIpc) is 2.75. The minimum absolute atomic E-state index is 0.0688. The number of aromatic nitrogens is 2. The molecule has 0 spiro atoms. The van der Waals surface area contributed by atoms with E-state index in [1.165, 1.54) is 23.7 Å². The molecule has 1 aromatic carbocycles. The lowest BCUT2D eigenvalue weighted by molar-refractivity contribution is -0.385. The molecule has 0 fully saturated rings. The van der Waals surface area contributed by atoms with Crippen LogP contribution in [0.15, 0.2) is 24.4 Å². The average molecular weight is 292 g/mol. The minimum Gasteiger partial charge on any atom is -0.322 e. The molecule has 0 aliphatic rings. The summed E-state index contributed by atoms with van der Waals surface area (Å²) in [6.07, 6.45) is 1.08. The summed E-state index contributed by atoms with van der Waals surface area (Å²) in [5, 5.41) is 16.9. The van der Waals surface area contributed by atoms with Crippen molar-refractivity contribution in [2.75, 3.05) is 5.32 Å². The van der Waals surface area contributed by atoms with Crippen molar-refractivity contribution in [1.82, 2.24) is 9.78 Å². The Kier molecular flexibility index (Phi) is 3.97. The van der Waals surface area contributed by atoms with Gasteiger partial charge in [-0.05, 0) is 31.5 Å². The summed E-state index contributed by atoms with van der Waals surface area (Å²) in [4.78, 5) is 22.0. The molecule has 0 aliphatic heterocycles. The largest absolute Gasteiger partial charge is 0.322 e. The van der Waals surface area contributed by atoms with E-state index < -0.39 is 16.6 Å². The van der Waals surface area contributed by atoms with Gasteiger partial charge >= 0.3 is 5.69 Å². The van der Waals surface area contributed by atoms with Gasteiger partial charge in [-0.1, -0.05) is 6.07 Å². The third kappa shape index (κ3) is 3.22. The molecule has 21 heavy (non-hydrogen) atoms. The second-order valence-corrected chi connectivity index (χ2v) is 4.56. The van der Waals surface area contributed by atoms with Crippen LogP contribution in [0.25, 0.3) is 0 Å². The van der Waals surface area contributed by atoms with Crippen molar-refractivity contribution in [2.24, 2.45) is 0 Å². The van der Waals surface area contributed by atoms with Crippen molar-refractivity contribution in [2.45, 2.75) is 20.4 Å². The van der Waals surface area contributed by atoms with Crippen molar-refractivity contribution in [3.63, 3.8) is 0 Å². The first-order valence-corrected chi connectivity index (χ1v) is 6.11. The van der Waals surface area contributed by atoms with E-state index in [1.807, 2.05) is 0 Å². The number of nitrogens with zero attached hydrogens (tertiary/aromatic N) is 3. The molecule has 7 nitrogen and oxygen atoms in total. The summed E-state index contributed by atoms with van der Waals surface area (Å²) in [6, 6.07) is 4.35. The lowest BCUT2D eigenvalue weighted by Gasteiger charge is -2.08. The Hall–Kier alpha value is -2.77. The van der Waals surface area contributed by atoms with E-state index in [1.54, 1.807) is 13.0 Å². The van der Waals surface area contributed by atoms with Crippen LogP contribution in [0.4, 0.5) is 15.8 Å². The van der Waals surface area contributed by atoms with Gasteiger partial charge in [0.15, 0.2) is 0 Å². The summed E-state index contributed by atoms with van der Waals surface area (Å²) in [5.41, 5.74) is 0.973. The van der Waals surface area contributed by atoms with Crippen LogP contribution in [0, 0.1) is 29.8 Å². The van der Waals surface area contributed by atoms with E-state index in [0.717, 1.165) is 11.8 Å². The number of aryl methyl sites for hydroxylation is 1.